The second kappa shape index (κ2) is 2.75. The van der Waals surface area contributed by atoms with Crippen molar-refractivity contribution >= 4 is 22.6 Å². The fraction of sp³-hybridized carbons (Fsp3) is 0.571. The van der Waals surface area contributed by atoms with Crippen molar-refractivity contribution in [1.29, 1.82) is 0 Å². The maximum atomic E-state index is 9.35. The molecule has 0 aromatic carbocycles. The zero-order chi connectivity index (χ0) is 7.84. The predicted octanol–water partition coefficient (Wildman–Crippen LogP) is 0.864. The van der Waals surface area contributed by atoms with Crippen LogP contribution in [0, 0.1) is 3.70 Å². The number of hydrogen-bond acceptors (Lipinski definition) is 2. The lowest BCUT2D eigenvalue weighted by Gasteiger charge is -2.15. The van der Waals surface area contributed by atoms with Crippen molar-refractivity contribution in [2.24, 2.45) is 0 Å². The second-order valence-electron chi connectivity index (χ2n) is 2.87. The fourth-order valence-corrected chi connectivity index (χ4v) is 2.11. The first kappa shape index (κ1) is 7.54. The summed E-state index contributed by atoms with van der Waals surface area (Å²) >= 11 is 2.19. The number of aryl methyl sites for hydroxylation is 1. The first-order valence-electron chi connectivity index (χ1n) is 3.67. The van der Waals surface area contributed by atoms with Gasteiger partial charge < -0.3 is 5.11 Å². The van der Waals surface area contributed by atoms with Crippen molar-refractivity contribution in [1.82, 2.24) is 10.2 Å². The third kappa shape index (κ3) is 1.29. The number of aliphatic hydroxyl groups is 1. The first-order valence-corrected chi connectivity index (χ1v) is 4.75. The van der Waals surface area contributed by atoms with Crippen LogP contribution in [0.1, 0.15) is 17.7 Å². The molecule has 2 rings (SSSR count). The van der Waals surface area contributed by atoms with Crippen molar-refractivity contribution in [2.45, 2.75) is 25.4 Å². The molecule has 2 N–H and O–H groups in total. The predicted molar refractivity (Wildman–Crippen MR) is 49.3 cm³/mol. The maximum Gasteiger partial charge on any atom is 0.126 e. The molecule has 11 heavy (non-hydrogen) atoms. The van der Waals surface area contributed by atoms with Crippen molar-refractivity contribution in [2.75, 3.05) is 0 Å². The summed E-state index contributed by atoms with van der Waals surface area (Å²) in [4.78, 5) is 0. The second-order valence-corrected chi connectivity index (χ2v) is 3.89. The molecule has 4 heteroatoms. The molecule has 1 aliphatic carbocycles. The average molecular weight is 264 g/mol. The molecule has 1 unspecified atom stereocenters. The molecule has 1 heterocycles. The van der Waals surface area contributed by atoms with Crippen LogP contribution in [0.2, 0.25) is 0 Å². The van der Waals surface area contributed by atoms with Crippen LogP contribution in [0.3, 0.4) is 0 Å². The minimum atomic E-state index is -0.159. The molecule has 60 valence electrons. The summed E-state index contributed by atoms with van der Waals surface area (Å²) in [5.41, 5.74) is 2.42. The van der Waals surface area contributed by atoms with Crippen LogP contribution in [-0.4, -0.2) is 21.4 Å². The summed E-state index contributed by atoms with van der Waals surface area (Å²) in [5.74, 6) is 0. The summed E-state index contributed by atoms with van der Waals surface area (Å²) in [7, 11) is 0. The highest BCUT2D eigenvalue weighted by atomic mass is 127. The van der Waals surface area contributed by atoms with Crippen LogP contribution in [0.15, 0.2) is 0 Å². The van der Waals surface area contributed by atoms with Crippen molar-refractivity contribution in [3.8, 4) is 0 Å². The molecule has 3 nitrogen and oxygen atoms in total. The topological polar surface area (TPSA) is 48.9 Å². The number of aliphatic hydroxyl groups excluding tert-OH is 1. The Morgan fingerprint density at radius 3 is 3.27 bits per heavy atom. The number of aromatic nitrogens is 2. The fourth-order valence-electron chi connectivity index (χ4n) is 1.44. The Kier molecular flexibility index (Phi) is 1.88. The first-order chi connectivity index (χ1) is 5.27. The minimum Gasteiger partial charge on any atom is -0.393 e. The number of fused-ring (bicyclic) bond motifs is 1. The van der Waals surface area contributed by atoms with Gasteiger partial charge in [0.1, 0.15) is 3.70 Å². The Bertz CT molecular complexity index is 271. The lowest BCUT2D eigenvalue weighted by atomic mass is 9.96. The van der Waals surface area contributed by atoms with Gasteiger partial charge in [-0.1, -0.05) is 0 Å². The highest BCUT2D eigenvalue weighted by molar-refractivity contribution is 14.1. The number of nitrogens with one attached hydrogen (secondary N) is 1. The Hall–Kier alpha value is -0.100. The molecule has 0 spiro atoms. The summed E-state index contributed by atoms with van der Waals surface area (Å²) in [6.45, 7) is 0. The molecule has 1 aromatic heterocycles. The van der Waals surface area contributed by atoms with Gasteiger partial charge in [-0.25, -0.2) is 0 Å². The van der Waals surface area contributed by atoms with Crippen molar-refractivity contribution in [3.05, 3.63) is 15.0 Å². The van der Waals surface area contributed by atoms with E-state index in [0.29, 0.717) is 0 Å². The smallest absolute Gasteiger partial charge is 0.126 e. The van der Waals surface area contributed by atoms with E-state index >= 15 is 0 Å². The summed E-state index contributed by atoms with van der Waals surface area (Å²) in [5, 5.41) is 16.4. The van der Waals surface area contributed by atoms with Gasteiger partial charge in [0.05, 0.1) is 6.10 Å². The highest BCUT2D eigenvalue weighted by Gasteiger charge is 2.20. The van der Waals surface area contributed by atoms with Gasteiger partial charge >= 0.3 is 0 Å². The van der Waals surface area contributed by atoms with Gasteiger partial charge in [0.15, 0.2) is 0 Å². The van der Waals surface area contributed by atoms with E-state index in [-0.39, 0.29) is 6.10 Å². The van der Waals surface area contributed by atoms with Gasteiger partial charge in [0, 0.05) is 17.7 Å². The zero-order valence-corrected chi connectivity index (χ0v) is 8.13. The monoisotopic (exact) mass is 264 g/mol. The van der Waals surface area contributed by atoms with Crippen LogP contribution < -0.4 is 0 Å². The standard InChI is InChI=1S/C7H9IN2O/c8-7-5-3-4(11)1-2-6(5)9-10-7/h4,11H,1-3H2,(H,9,10). The van der Waals surface area contributed by atoms with E-state index < -0.39 is 0 Å². The van der Waals surface area contributed by atoms with E-state index in [1.54, 1.807) is 0 Å². The molecule has 0 radical (unpaired) electrons. The molecule has 1 aliphatic rings. The van der Waals surface area contributed by atoms with Crippen molar-refractivity contribution in [3.63, 3.8) is 0 Å². The van der Waals surface area contributed by atoms with Gasteiger partial charge in [-0.3, -0.25) is 5.10 Å². The molecule has 0 saturated heterocycles. The molecule has 1 atom stereocenters. The lowest BCUT2D eigenvalue weighted by Crippen LogP contribution is -2.18. The SMILES string of the molecule is OC1CCc2[nH]nc(I)c2C1. The zero-order valence-electron chi connectivity index (χ0n) is 5.97. The highest BCUT2D eigenvalue weighted by Crippen LogP contribution is 2.23. The third-order valence-electron chi connectivity index (χ3n) is 2.07. The van der Waals surface area contributed by atoms with Gasteiger partial charge in [0.25, 0.3) is 0 Å². The van der Waals surface area contributed by atoms with Crippen LogP contribution in [0.4, 0.5) is 0 Å². The molecule has 0 bridgehead atoms. The van der Waals surface area contributed by atoms with Crippen LogP contribution >= 0.6 is 22.6 Å². The molecule has 0 saturated carbocycles. The van der Waals surface area contributed by atoms with Crippen LogP contribution in [-0.2, 0) is 12.8 Å². The Morgan fingerprint density at radius 1 is 1.64 bits per heavy atom. The normalized spacial score (nSPS) is 23.3. The quantitative estimate of drug-likeness (QED) is 0.683. The van der Waals surface area contributed by atoms with Gasteiger partial charge in [-0.2, -0.15) is 5.10 Å². The number of aromatic amines is 1. The number of halogens is 1. The molecule has 0 amide bonds. The summed E-state index contributed by atoms with van der Waals surface area (Å²) in [6, 6.07) is 0. The maximum absolute atomic E-state index is 9.35. The Labute approximate surface area is 78.3 Å². The molecular formula is C7H9IN2O. The van der Waals surface area contributed by atoms with Gasteiger partial charge in [-0.05, 0) is 35.4 Å². The number of rotatable bonds is 0. The van der Waals surface area contributed by atoms with Gasteiger partial charge in [0.2, 0.25) is 0 Å². The van der Waals surface area contributed by atoms with E-state index in [9.17, 15) is 5.11 Å². The summed E-state index contributed by atoms with van der Waals surface area (Å²) < 4.78 is 1.01. The van der Waals surface area contributed by atoms with Crippen molar-refractivity contribution < 1.29 is 5.11 Å². The van der Waals surface area contributed by atoms with Gasteiger partial charge in [-0.15, -0.1) is 0 Å². The molecule has 1 aromatic rings. The van der Waals surface area contributed by atoms with E-state index in [1.807, 2.05) is 0 Å². The molecular weight excluding hydrogens is 255 g/mol. The number of H-pyrrole nitrogens is 1. The van der Waals surface area contributed by atoms with E-state index in [4.69, 9.17) is 0 Å². The molecule has 0 fully saturated rings. The van der Waals surface area contributed by atoms with Crippen LogP contribution in [0.25, 0.3) is 0 Å². The largest absolute Gasteiger partial charge is 0.393 e. The average Bonchev–Trinajstić information content (AvgIpc) is 2.33. The Balaban J connectivity index is 2.37. The number of hydrogen-bond donors (Lipinski definition) is 2. The van der Waals surface area contributed by atoms with Crippen LogP contribution in [0.5, 0.6) is 0 Å². The summed E-state index contributed by atoms with van der Waals surface area (Å²) in [6.07, 6.45) is 2.41. The number of nitrogens with zero attached hydrogens (tertiary/aromatic N) is 1. The Morgan fingerprint density at radius 2 is 2.45 bits per heavy atom. The van der Waals surface area contributed by atoms with E-state index in [1.165, 1.54) is 11.3 Å². The van der Waals surface area contributed by atoms with E-state index in [0.717, 1.165) is 23.0 Å². The molecule has 0 aliphatic heterocycles. The van der Waals surface area contributed by atoms with E-state index in [2.05, 4.69) is 32.8 Å². The third-order valence-corrected chi connectivity index (χ3v) is 2.96. The minimum absolute atomic E-state index is 0.159. The lowest BCUT2D eigenvalue weighted by molar-refractivity contribution is 0.158.